The lowest BCUT2D eigenvalue weighted by Crippen LogP contribution is -2.41. The van der Waals surface area contributed by atoms with Crippen LogP contribution in [0.25, 0.3) is 0 Å². The normalized spacial score (nSPS) is 40.1. The van der Waals surface area contributed by atoms with Gasteiger partial charge >= 0.3 is 5.97 Å². The second-order valence-electron chi connectivity index (χ2n) is 4.56. The molecule has 3 unspecified atom stereocenters. The number of carbonyl (C=O) groups excluding carboxylic acids is 1. The summed E-state index contributed by atoms with van der Waals surface area (Å²) in [6.07, 6.45) is 4.91. The molecule has 2 fully saturated rings. The Bertz CT molecular complexity index is 239. The summed E-state index contributed by atoms with van der Waals surface area (Å²) >= 11 is 0. The van der Waals surface area contributed by atoms with Crippen molar-refractivity contribution < 1.29 is 14.3 Å². The Morgan fingerprint density at radius 3 is 2.86 bits per heavy atom. The van der Waals surface area contributed by atoms with Gasteiger partial charge in [0.2, 0.25) is 0 Å². The molecule has 2 aliphatic heterocycles. The largest absolute Gasteiger partial charge is 0.456 e. The van der Waals surface area contributed by atoms with Crippen LogP contribution in [0.1, 0.15) is 46.0 Å². The molecule has 14 heavy (non-hydrogen) atoms. The molecule has 2 bridgehead atoms. The molecule has 2 rings (SSSR count). The first-order valence-electron chi connectivity index (χ1n) is 5.51. The first-order chi connectivity index (χ1) is 6.64. The van der Waals surface area contributed by atoms with Gasteiger partial charge in [0.05, 0.1) is 12.2 Å². The molecule has 80 valence electrons. The van der Waals surface area contributed by atoms with Gasteiger partial charge in [0.15, 0.2) is 0 Å². The monoisotopic (exact) mass is 198 g/mol. The minimum absolute atomic E-state index is 0.0776. The average Bonchev–Trinajstić information content (AvgIpc) is 2.62. The third-order valence-electron chi connectivity index (χ3n) is 3.22. The Morgan fingerprint density at radius 1 is 1.57 bits per heavy atom. The molecule has 0 aromatic carbocycles. The minimum atomic E-state index is -0.338. The molecule has 0 radical (unpaired) electrons. The molecule has 0 aromatic heterocycles. The van der Waals surface area contributed by atoms with Gasteiger partial charge in [-0.1, -0.05) is 6.92 Å². The molecule has 3 nitrogen and oxygen atoms in total. The quantitative estimate of drug-likeness (QED) is 0.651. The molecule has 0 aliphatic carbocycles. The van der Waals surface area contributed by atoms with Gasteiger partial charge in [0.1, 0.15) is 5.60 Å². The minimum Gasteiger partial charge on any atom is -0.456 e. The van der Waals surface area contributed by atoms with Crippen molar-refractivity contribution >= 4 is 5.97 Å². The van der Waals surface area contributed by atoms with Crippen molar-refractivity contribution in [2.75, 3.05) is 0 Å². The molecular weight excluding hydrogens is 180 g/mol. The molecule has 0 aromatic rings. The summed E-state index contributed by atoms with van der Waals surface area (Å²) in [5, 5.41) is 0. The first kappa shape index (κ1) is 9.97. The molecule has 2 heterocycles. The highest BCUT2D eigenvalue weighted by atomic mass is 16.6. The van der Waals surface area contributed by atoms with Crippen molar-refractivity contribution in [3.05, 3.63) is 0 Å². The molecule has 0 spiro atoms. The van der Waals surface area contributed by atoms with Crippen LogP contribution in [0.3, 0.4) is 0 Å². The number of hydrogen-bond acceptors (Lipinski definition) is 3. The van der Waals surface area contributed by atoms with E-state index in [2.05, 4.69) is 0 Å². The van der Waals surface area contributed by atoms with E-state index in [1.165, 1.54) is 0 Å². The van der Waals surface area contributed by atoms with E-state index >= 15 is 0 Å². The van der Waals surface area contributed by atoms with E-state index in [0.717, 1.165) is 25.7 Å². The number of esters is 1. The fourth-order valence-corrected chi connectivity index (χ4v) is 2.51. The van der Waals surface area contributed by atoms with Crippen LogP contribution in [-0.2, 0) is 14.3 Å². The van der Waals surface area contributed by atoms with Gasteiger partial charge in [-0.25, -0.2) is 0 Å². The number of carbonyl (C=O) groups is 1. The Labute approximate surface area is 84.8 Å². The lowest BCUT2D eigenvalue weighted by atomic mass is 9.86. The molecule has 3 atom stereocenters. The maximum atomic E-state index is 11.4. The van der Waals surface area contributed by atoms with Gasteiger partial charge in [-0.05, 0) is 26.2 Å². The summed E-state index contributed by atoms with van der Waals surface area (Å²) in [5.41, 5.74) is -0.338. The van der Waals surface area contributed by atoms with Crippen molar-refractivity contribution in [3.8, 4) is 0 Å². The molecule has 0 saturated carbocycles. The summed E-state index contributed by atoms with van der Waals surface area (Å²) in [6.45, 7) is 3.99. The van der Waals surface area contributed by atoms with E-state index in [4.69, 9.17) is 9.47 Å². The SMILES string of the molecule is CCCC(=O)OC1(C)CC2CCC1O2. The van der Waals surface area contributed by atoms with E-state index in [9.17, 15) is 4.79 Å². The van der Waals surface area contributed by atoms with Crippen LogP contribution >= 0.6 is 0 Å². The lowest BCUT2D eigenvalue weighted by molar-refractivity contribution is -0.163. The standard InChI is InChI=1S/C11H18O3/c1-3-4-10(12)14-11(2)7-8-5-6-9(11)13-8/h8-9H,3-7H2,1-2H3. The second kappa shape index (κ2) is 3.54. The fourth-order valence-electron chi connectivity index (χ4n) is 2.51. The van der Waals surface area contributed by atoms with Crippen molar-refractivity contribution in [1.29, 1.82) is 0 Å². The van der Waals surface area contributed by atoms with Crippen LogP contribution in [0.2, 0.25) is 0 Å². The van der Waals surface area contributed by atoms with Crippen LogP contribution in [0.4, 0.5) is 0 Å². The molecule has 3 heteroatoms. The summed E-state index contributed by atoms with van der Waals surface area (Å²) in [5.74, 6) is -0.0776. The highest BCUT2D eigenvalue weighted by Gasteiger charge is 2.51. The number of ether oxygens (including phenoxy) is 2. The van der Waals surface area contributed by atoms with Gasteiger partial charge in [-0.3, -0.25) is 4.79 Å². The number of fused-ring (bicyclic) bond motifs is 2. The zero-order valence-corrected chi connectivity index (χ0v) is 8.91. The zero-order chi connectivity index (χ0) is 10.2. The fraction of sp³-hybridized carbons (Fsp3) is 0.909. The lowest BCUT2D eigenvalue weighted by Gasteiger charge is -2.30. The third-order valence-corrected chi connectivity index (χ3v) is 3.22. The Kier molecular flexibility index (Phi) is 2.52. The maximum absolute atomic E-state index is 11.4. The molecule has 0 N–H and O–H groups in total. The smallest absolute Gasteiger partial charge is 0.306 e. The van der Waals surface area contributed by atoms with Gasteiger partial charge in [0, 0.05) is 12.8 Å². The van der Waals surface area contributed by atoms with Crippen molar-refractivity contribution in [3.63, 3.8) is 0 Å². The second-order valence-corrected chi connectivity index (χ2v) is 4.56. The Morgan fingerprint density at radius 2 is 2.36 bits per heavy atom. The van der Waals surface area contributed by atoms with Gasteiger partial charge in [0.25, 0.3) is 0 Å². The highest BCUT2D eigenvalue weighted by molar-refractivity contribution is 5.69. The van der Waals surface area contributed by atoms with Crippen LogP contribution in [0, 0.1) is 0 Å². The van der Waals surface area contributed by atoms with Crippen LogP contribution in [0.15, 0.2) is 0 Å². The van der Waals surface area contributed by atoms with E-state index < -0.39 is 0 Å². The zero-order valence-electron chi connectivity index (χ0n) is 8.91. The van der Waals surface area contributed by atoms with E-state index in [-0.39, 0.29) is 17.7 Å². The van der Waals surface area contributed by atoms with Gasteiger partial charge in [-0.2, -0.15) is 0 Å². The van der Waals surface area contributed by atoms with Crippen molar-refractivity contribution in [2.24, 2.45) is 0 Å². The van der Waals surface area contributed by atoms with Crippen molar-refractivity contribution in [2.45, 2.75) is 63.8 Å². The molecule has 0 amide bonds. The van der Waals surface area contributed by atoms with Gasteiger partial charge < -0.3 is 9.47 Å². The first-order valence-corrected chi connectivity index (χ1v) is 5.51. The number of rotatable bonds is 3. The molecule has 2 aliphatic rings. The third kappa shape index (κ3) is 1.65. The summed E-state index contributed by atoms with van der Waals surface area (Å²) in [4.78, 5) is 11.4. The maximum Gasteiger partial charge on any atom is 0.306 e. The molecular formula is C11H18O3. The van der Waals surface area contributed by atoms with Gasteiger partial charge in [-0.15, -0.1) is 0 Å². The highest BCUT2D eigenvalue weighted by Crippen LogP contribution is 2.43. The summed E-state index contributed by atoms with van der Waals surface area (Å²) in [7, 11) is 0. The molecule has 2 saturated heterocycles. The van der Waals surface area contributed by atoms with E-state index in [0.29, 0.717) is 12.5 Å². The summed E-state index contributed by atoms with van der Waals surface area (Å²) in [6, 6.07) is 0. The predicted octanol–water partition coefficient (Wildman–Crippen LogP) is 2.04. The predicted molar refractivity (Wildman–Crippen MR) is 51.9 cm³/mol. The van der Waals surface area contributed by atoms with Crippen LogP contribution in [0.5, 0.6) is 0 Å². The number of hydrogen-bond donors (Lipinski definition) is 0. The van der Waals surface area contributed by atoms with Crippen LogP contribution < -0.4 is 0 Å². The van der Waals surface area contributed by atoms with Crippen molar-refractivity contribution in [1.82, 2.24) is 0 Å². The average molecular weight is 198 g/mol. The van der Waals surface area contributed by atoms with E-state index in [1.807, 2.05) is 13.8 Å². The van der Waals surface area contributed by atoms with Crippen LogP contribution in [-0.4, -0.2) is 23.8 Å². The Balaban J connectivity index is 1.93. The summed E-state index contributed by atoms with van der Waals surface area (Å²) < 4.78 is 11.2. The topological polar surface area (TPSA) is 35.5 Å². The van der Waals surface area contributed by atoms with E-state index in [1.54, 1.807) is 0 Å². The Hall–Kier alpha value is -0.570.